The molecule has 2 nitrogen and oxygen atoms in total. The molecule has 0 saturated heterocycles. The summed E-state index contributed by atoms with van der Waals surface area (Å²) in [4.78, 5) is 0. The summed E-state index contributed by atoms with van der Waals surface area (Å²) < 4.78 is 5.03. The van der Waals surface area contributed by atoms with Gasteiger partial charge in [0.25, 0.3) is 0 Å². The number of hydrogen-bond acceptors (Lipinski definition) is 2. The normalized spacial score (nSPS) is 11.4. The minimum Gasteiger partial charge on any atom is -0.500 e. The Balaban J connectivity index is 0.00000256. The number of nitrogens with one attached hydrogen (secondary N) is 1. The van der Waals surface area contributed by atoms with Crippen molar-refractivity contribution in [3.8, 4) is 0 Å². The first-order valence-corrected chi connectivity index (χ1v) is 5.80. The highest BCUT2D eigenvalue weighted by atomic mass is 35.5. The van der Waals surface area contributed by atoms with Gasteiger partial charge in [0, 0.05) is 17.6 Å². The summed E-state index contributed by atoms with van der Waals surface area (Å²) in [6, 6.07) is 8.38. The highest BCUT2D eigenvalue weighted by Crippen LogP contribution is 2.10. The van der Waals surface area contributed by atoms with Gasteiger partial charge < -0.3 is 10.1 Å². The third-order valence-electron chi connectivity index (χ3n) is 2.29. The molecule has 17 heavy (non-hydrogen) atoms. The summed E-state index contributed by atoms with van der Waals surface area (Å²) in [6.07, 6.45) is 2.46. The van der Waals surface area contributed by atoms with E-state index in [-0.39, 0.29) is 12.4 Å². The van der Waals surface area contributed by atoms with Crippen LogP contribution in [0.5, 0.6) is 0 Å². The van der Waals surface area contributed by atoms with Crippen LogP contribution in [-0.4, -0.2) is 19.2 Å². The molecule has 0 amide bonds. The molecule has 1 unspecified atom stereocenters. The van der Waals surface area contributed by atoms with Crippen molar-refractivity contribution in [3.63, 3.8) is 0 Å². The summed E-state index contributed by atoms with van der Waals surface area (Å²) in [5.74, 6) is 0. The third kappa shape index (κ3) is 7.27. The Bertz CT molecular complexity index is 314. The lowest BCUT2D eigenvalue weighted by molar-refractivity contribution is 0.245. The molecule has 0 aliphatic heterocycles. The molecule has 1 aromatic rings. The van der Waals surface area contributed by atoms with Crippen LogP contribution in [0.25, 0.3) is 0 Å². The third-order valence-corrected chi connectivity index (χ3v) is 2.54. The Hall–Kier alpha value is -0.700. The molecule has 1 N–H and O–H groups in total. The van der Waals surface area contributed by atoms with Crippen LogP contribution in [0.2, 0.25) is 5.02 Å². The highest BCUT2D eigenvalue weighted by Gasteiger charge is 2.02. The molecule has 0 spiro atoms. The van der Waals surface area contributed by atoms with Gasteiger partial charge in [0.1, 0.15) is 0 Å². The minimum absolute atomic E-state index is 0. The molecule has 0 aliphatic rings. The summed E-state index contributed by atoms with van der Waals surface area (Å²) in [5, 5.41) is 4.16. The van der Waals surface area contributed by atoms with Crippen molar-refractivity contribution < 1.29 is 4.74 Å². The standard InChI is InChI=1S/C13H18ClNO.ClH/c1-3-16-9-8-15-11(2)10-12-4-6-13(14)7-5-12;/h3-7,11,15H,1,8-10H2,2H3;1H. The first-order chi connectivity index (χ1) is 7.72. The van der Waals surface area contributed by atoms with Gasteiger partial charge >= 0.3 is 0 Å². The molecule has 0 heterocycles. The van der Waals surface area contributed by atoms with E-state index in [4.69, 9.17) is 16.3 Å². The molecule has 1 rings (SSSR count). The molecule has 4 heteroatoms. The van der Waals surface area contributed by atoms with E-state index >= 15 is 0 Å². The number of halogens is 2. The summed E-state index contributed by atoms with van der Waals surface area (Å²) in [7, 11) is 0. The fraction of sp³-hybridized carbons (Fsp3) is 0.385. The van der Waals surface area contributed by atoms with Crippen LogP contribution in [0.3, 0.4) is 0 Å². The zero-order valence-corrected chi connectivity index (χ0v) is 11.6. The van der Waals surface area contributed by atoms with E-state index in [2.05, 4.69) is 31.0 Å². The monoisotopic (exact) mass is 275 g/mol. The van der Waals surface area contributed by atoms with Gasteiger partial charge in [-0.1, -0.05) is 30.3 Å². The molecule has 0 saturated carbocycles. The Labute approximate surface area is 114 Å². The van der Waals surface area contributed by atoms with Crippen molar-refractivity contribution in [2.45, 2.75) is 19.4 Å². The zero-order valence-electron chi connectivity index (χ0n) is 9.99. The average Bonchev–Trinajstić information content (AvgIpc) is 2.28. The Kier molecular flexibility index (Phi) is 8.96. The second kappa shape index (κ2) is 9.34. The van der Waals surface area contributed by atoms with E-state index in [1.165, 1.54) is 11.8 Å². The Morgan fingerprint density at radius 1 is 1.41 bits per heavy atom. The predicted molar refractivity (Wildman–Crippen MR) is 76.0 cm³/mol. The van der Waals surface area contributed by atoms with Gasteiger partial charge in [-0.2, -0.15) is 0 Å². The van der Waals surface area contributed by atoms with Gasteiger partial charge in [-0.05, 0) is 31.0 Å². The number of ether oxygens (including phenoxy) is 1. The van der Waals surface area contributed by atoms with Gasteiger partial charge in [-0.25, -0.2) is 0 Å². The van der Waals surface area contributed by atoms with Crippen molar-refractivity contribution in [3.05, 3.63) is 47.7 Å². The first kappa shape index (κ1) is 16.3. The zero-order chi connectivity index (χ0) is 11.8. The average molecular weight is 276 g/mol. The van der Waals surface area contributed by atoms with Gasteiger partial charge in [-0.3, -0.25) is 0 Å². The summed E-state index contributed by atoms with van der Waals surface area (Å²) in [5.41, 5.74) is 1.29. The molecular formula is C13H19Cl2NO. The number of rotatable bonds is 7. The van der Waals surface area contributed by atoms with Crippen LogP contribution in [0.4, 0.5) is 0 Å². The maximum Gasteiger partial charge on any atom is 0.0997 e. The Morgan fingerprint density at radius 3 is 2.65 bits per heavy atom. The van der Waals surface area contributed by atoms with Crippen LogP contribution in [0, 0.1) is 0 Å². The number of hydrogen-bond donors (Lipinski definition) is 1. The molecule has 0 bridgehead atoms. The lowest BCUT2D eigenvalue weighted by Crippen LogP contribution is -2.30. The van der Waals surface area contributed by atoms with E-state index in [0.29, 0.717) is 12.6 Å². The molecule has 0 fully saturated rings. The molecule has 1 atom stereocenters. The fourth-order valence-electron chi connectivity index (χ4n) is 1.49. The van der Waals surface area contributed by atoms with E-state index in [1.54, 1.807) is 0 Å². The molecular weight excluding hydrogens is 257 g/mol. The van der Waals surface area contributed by atoms with E-state index in [0.717, 1.165) is 18.0 Å². The largest absolute Gasteiger partial charge is 0.500 e. The smallest absolute Gasteiger partial charge is 0.0997 e. The maximum atomic E-state index is 5.83. The second-order valence-electron chi connectivity index (χ2n) is 3.72. The lowest BCUT2D eigenvalue weighted by Gasteiger charge is -2.13. The molecule has 1 aromatic carbocycles. The highest BCUT2D eigenvalue weighted by molar-refractivity contribution is 6.30. The predicted octanol–water partition coefficient (Wildman–Crippen LogP) is 3.44. The molecule has 0 aromatic heterocycles. The quantitative estimate of drug-likeness (QED) is 0.608. The van der Waals surface area contributed by atoms with Crippen molar-refractivity contribution in [2.75, 3.05) is 13.2 Å². The fourth-order valence-corrected chi connectivity index (χ4v) is 1.62. The van der Waals surface area contributed by atoms with Crippen LogP contribution < -0.4 is 5.32 Å². The Morgan fingerprint density at radius 2 is 2.06 bits per heavy atom. The minimum atomic E-state index is 0. The van der Waals surface area contributed by atoms with Crippen LogP contribution >= 0.6 is 24.0 Å². The van der Waals surface area contributed by atoms with Gasteiger partial charge in [0.15, 0.2) is 0 Å². The van der Waals surface area contributed by atoms with Gasteiger partial charge in [0.2, 0.25) is 0 Å². The van der Waals surface area contributed by atoms with Crippen molar-refractivity contribution in [1.29, 1.82) is 0 Å². The molecule has 0 radical (unpaired) electrons. The first-order valence-electron chi connectivity index (χ1n) is 5.42. The maximum absolute atomic E-state index is 5.83. The van der Waals surface area contributed by atoms with Crippen LogP contribution in [0.1, 0.15) is 12.5 Å². The number of benzene rings is 1. The van der Waals surface area contributed by atoms with Crippen LogP contribution in [0.15, 0.2) is 37.1 Å². The van der Waals surface area contributed by atoms with Crippen molar-refractivity contribution in [1.82, 2.24) is 5.32 Å². The summed E-state index contributed by atoms with van der Waals surface area (Å²) >= 11 is 5.83. The SMILES string of the molecule is C=COCCNC(C)Cc1ccc(Cl)cc1.Cl. The van der Waals surface area contributed by atoms with E-state index in [1.807, 2.05) is 12.1 Å². The topological polar surface area (TPSA) is 21.3 Å². The van der Waals surface area contributed by atoms with E-state index < -0.39 is 0 Å². The molecule has 0 aliphatic carbocycles. The summed E-state index contributed by atoms with van der Waals surface area (Å²) in [6.45, 7) is 7.14. The lowest BCUT2D eigenvalue weighted by atomic mass is 10.1. The molecule has 96 valence electrons. The van der Waals surface area contributed by atoms with Gasteiger partial charge in [-0.15, -0.1) is 12.4 Å². The van der Waals surface area contributed by atoms with Crippen molar-refractivity contribution >= 4 is 24.0 Å². The van der Waals surface area contributed by atoms with Crippen LogP contribution in [-0.2, 0) is 11.2 Å². The second-order valence-corrected chi connectivity index (χ2v) is 4.16. The van der Waals surface area contributed by atoms with E-state index in [9.17, 15) is 0 Å². The van der Waals surface area contributed by atoms with Crippen molar-refractivity contribution in [2.24, 2.45) is 0 Å². The van der Waals surface area contributed by atoms with Gasteiger partial charge in [0.05, 0.1) is 12.9 Å².